The second-order valence-electron chi connectivity index (χ2n) is 6.63. The number of aryl methyl sites for hydroxylation is 1. The van der Waals surface area contributed by atoms with Gasteiger partial charge < -0.3 is 14.6 Å². The first kappa shape index (κ1) is 19.5. The SMILES string of the molecule is CCc1ccc(CNC(=O)COc2ncnc3onc(-c4ccc(F)cc4)c23)cc1. The van der Waals surface area contributed by atoms with Gasteiger partial charge >= 0.3 is 0 Å². The lowest BCUT2D eigenvalue weighted by Gasteiger charge is -2.08. The zero-order valence-corrected chi connectivity index (χ0v) is 16.3. The number of ether oxygens (including phenoxy) is 1. The van der Waals surface area contributed by atoms with Gasteiger partial charge in [0.1, 0.15) is 23.2 Å². The lowest BCUT2D eigenvalue weighted by Crippen LogP contribution is -2.28. The number of halogens is 1. The highest BCUT2D eigenvalue weighted by atomic mass is 19.1. The summed E-state index contributed by atoms with van der Waals surface area (Å²) in [4.78, 5) is 20.4. The Morgan fingerprint density at radius 2 is 1.80 bits per heavy atom. The molecule has 0 fully saturated rings. The van der Waals surface area contributed by atoms with Crippen LogP contribution in [0.15, 0.2) is 59.4 Å². The molecule has 4 rings (SSSR count). The maximum atomic E-state index is 13.2. The summed E-state index contributed by atoms with van der Waals surface area (Å²) in [6.45, 7) is 2.27. The molecule has 2 heterocycles. The molecule has 0 atom stereocenters. The van der Waals surface area contributed by atoms with Gasteiger partial charge in [-0.15, -0.1) is 0 Å². The molecule has 30 heavy (non-hydrogen) atoms. The lowest BCUT2D eigenvalue weighted by atomic mass is 10.1. The van der Waals surface area contributed by atoms with Crippen molar-refractivity contribution in [2.24, 2.45) is 0 Å². The van der Waals surface area contributed by atoms with Crippen LogP contribution in [0.3, 0.4) is 0 Å². The van der Waals surface area contributed by atoms with Crippen LogP contribution in [0.5, 0.6) is 5.88 Å². The van der Waals surface area contributed by atoms with Gasteiger partial charge in [-0.25, -0.2) is 9.37 Å². The van der Waals surface area contributed by atoms with Crippen molar-refractivity contribution >= 4 is 17.0 Å². The molecule has 1 amide bonds. The highest BCUT2D eigenvalue weighted by Gasteiger charge is 2.18. The Balaban J connectivity index is 1.45. The van der Waals surface area contributed by atoms with Gasteiger partial charge in [-0.2, -0.15) is 4.98 Å². The molecule has 0 unspecified atom stereocenters. The van der Waals surface area contributed by atoms with Gasteiger partial charge in [0.25, 0.3) is 11.6 Å². The van der Waals surface area contributed by atoms with Crippen molar-refractivity contribution in [3.63, 3.8) is 0 Å². The van der Waals surface area contributed by atoms with Crippen molar-refractivity contribution in [3.05, 3.63) is 71.8 Å². The van der Waals surface area contributed by atoms with Gasteiger partial charge in [-0.3, -0.25) is 4.79 Å². The maximum absolute atomic E-state index is 13.2. The van der Waals surface area contributed by atoms with Crippen LogP contribution >= 0.6 is 0 Å². The largest absolute Gasteiger partial charge is 0.467 e. The molecule has 8 heteroatoms. The van der Waals surface area contributed by atoms with E-state index in [1.54, 1.807) is 12.1 Å². The minimum atomic E-state index is -0.361. The summed E-state index contributed by atoms with van der Waals surface area (Å²) in [7, 11) is 0. The number of fused-ring (bicyclic) bond motifs is 1. The van der Waals surface area contributed by atoms with Crippen molar-refractivity contribution in [2.45, 2.75) is 19.9 Å². The molecule has 1 N–H and O–H groups in total. The van der Waals surface area contributed by atoms with Crippen LogP contribution in [0.2, 0.25) is 0 Å². The smallest absolute Gasteiger partial charge is 0.265 e. The topological polar surface area (TPSA) is 90.1 Å². The van der Waals surface area contributed by atoms with Crippen LogP contribution in [0.25, 0.3) is 22.4 Å². The van der Waals surface area contributed by atoms with Gasteiger partial charge in [-0.1, -0.05) is 36.3 Å². The van der Waals surface area contributed by atoms with E-state index in [1.807, 2.05) is 24.3 Å². The molecule has 0 saturated carbocycles. The summed E-state index contributed by atoms with van der Waals surface area (Å²) in [6, 6.07) is 13.8. The van der Waals surface area contributed by atoms with Crippen molar-refractivity contribution in [2.75, 3.05) is 6.61 Å². The number of nitrogens with zero attached hydrogens (tertiary/aromatic N) is 3. The quantitative estimate of drug-likeness (QED) is 0.504. The fourth-order valence-corrected chi connectivity index (χ4v) is 2.95. The van der Waals surface area contributed by atoms with Gasteiger partial charge in [0.15, 0.2) is 6.61 Å². The number of nitrogens with one attached hydrogen (secondary N) is 1. The zero-order valence-electron chi connectivity index (χ0n) is 16.3. The number of carbonyl (C=O) groups is 1. The number of carbonyl (C=O) groups excluding carboxylic acids is 1. The van der Waals surface area contributed by atoms with E-state index in [9.17, 15) is 9.18 Å². The van der Waals surface area contributed by atoms with E-state index in [4.69, 9.17) is 9.26 Å². The molecule has 0 saturated heterocycles. The molecule has 4 aromatic rings. The zero-order chi connectivity index (χ0) is 20.9. The standard InChI is InChI=1S/C22H19FN4O3/c1-2-14-3-5-15(6-4-14)11-24-18(28)12-29-21-19-20(16-7-9-17(23)10-8-16)27-30-22(19)26-13-25-21/h3-10,13H,2,11-12H2,1H3,(H,24,28). The summed E-state index contributed by atoms with van der Waals surface area (Å²) in [5.41, 5.74) is 3.50. The number of hydrogen-bond donors (Lipinski definition) is 1. The van der Waals surface area contributed by atoms with Crippen molar-refractivity contribution in [3.8, 4) is 17.1 Å². The molecule has 0 radical (unpaired) electrons. The molecule has 0 bridgehead atoms. The van der Waals surface area contributed by atoms with Gasteiger partial charge in [-0.05, 0) is 41.8 Å². The fraction of sp³-hybridized carbons (Fsp3) is 0.182. The highest BCUT2D eigenvalue weighted by Crippen LogP contribution is 2.32. The average molecular weight is 406 g/mol. The molecule has 0 aliphatic carbocycles. The Morgan fingerprint density at radius 3 is 2.53 bits per heavy atom. The van der Waals surface area contributed by atoms with Crippen LogP contribution < -0.4 is 10.1 Å². The number of aromatic nitrogens is 3. The summed E-state index contributed by atoms with van der Waals surface area (Å²) < 4.78 is 24.1. The molecule has 152 valence electrons. The Kier molecular flexibility index (Phi) is 5.65. The monoisotopic (exact) mass is 406 g/mol. The molecular formula is C22H19FN4O3. The molecule has 0 aliphatic heterocycles. The Hall–Kier alpha value is -3.81. The minimum Gasteiger partial charge on any atom is -0.467 e. The predicted molar refractivity (Wildman–Crippen MR) is 108 cm³/mol. The third kappa shape index (κ3) is 4.27. The molecule has 2 aromatic carbocycles. The van der Waals surface area contributed by atoms with Gasteiger partial charge in [0.2, 0.25) is 5.88 Å². The fourth-order valence-electron chi connectivity index (χ4n) is 2.95. The van der Waals surface area contributed by atoms with Crippen molar-refractivity contribution in [1.29, 1.82) is 0 Å². The third-order valence-electron chi connectivity index (χ3n) is 4.62. The predicted octanol–water partition coefficient (Wildman–Crippen LogP) is 3.68. The van der Waals surface area contributed by atoms with E-state index in [0.29, 0.717) is 23.2 Å². The number of rotatable bonds is 7. The minimum absolute atomic E-state index is 0.169. The molecular weight excluding hydrogens is 387 g/mol. The first-order valence-electron chi connectivity index (χ1n) is 9.47. The van der Waals surface area contributed by atoms with Crippen molar-refractivity contribution < 1.29 is 18.4 Å². The Labute approximate surface area is 171 Å². The summed E-state index contributed by atoms with van der Waals surface area (Å²) in [5, 5.41) is 7.23. The number of benzene rings is 2. The van der Waals surface area contributed by atoms with Gasteiger partial charge in [0.05, 0.1) is 0 Å². The van der Waals surface area contributed by atoms with E-state index in [2.05, 4.69) is 27.4 Å². The van der Waals surface area contributed by atoms with E-state index in [1.165, 1.54) is 24.0 Å². The molecule has 2 aromatic heterocycles. The highest BCUT2D eigenvalue weighted by molar-refractivity contribution is 5.93. The second-order valence-corrected chi connectivity index (χ2v) is 6.63. The number of hydrogen-bond acceptors (Lipinski definition) is 6. The molecule has 0 aliphatic rings. The van der Waals surface area contributed by atoms with E-state index in [0.717, 1.165) is 12.0 Å². The molecule has 7 nitrogen and oxygen atoms in total. The van der Waals surface area contributed by atoms with Crippen molar-refractivity contribution in [1.82, 2.24) is 20.4 Å². The molecule has 0 spiro atoms. The first-order chi connectivity index (χ1) is 14.6. The van der Waals surface area contributed by atoms with Gasteiger partial charge in [0, 0.05) is 12.1 Å². The van der Waals surface area contributed by atoms with E-state index in [-0.39, 0.29) is 29.9 Å². The summed E-state index contributed by atoms with van der Waals surface area (Å²) in [6.07, 6.45) is 2.24. The third-order valence-corrected chi connectivity index (χ3v) is 4.62. The van der Waals surface area contributed by atoms with Crippen LogP contribution in [-0.4, -0.2) is 27.6 Å². The maximum Gasteiger partial charge on any atom is 0.265 e. The van der Waals surface area contributed by atoms with E-state index < -0.39 is 0 Å². The second kappa shape index (κ2) is 8.69. The van der Waals surface area contributed by atoms with Crippen LogP contribution in [0.4, 0.5) is 4.39 Å². The van der Waals surface area contributed by atoms with Crippen LogP contribution in [0, 0.1) is 5.82 Å². The Bertz CT molecular complexity index is 1160. The van der Waals surface area contributed by atoms with Crippen LogP contribution in [0.1, 0.15) is 18.1 Å². The Morgan fingerprint density at radius 1 is 1.07 bits per heavy atom. The van der Waals surface area contributed by atoms with E-state index >= 15 is 0 Å². The number of amides is 1. The normalized spacial score (nSPS) is 10.9. The lowest BCUT2D eigenvalue weighted by molar-refractivity contribution is -0.123. The summed E-state index contributed by atoms with van der Waals surface area (Å²) in [5.74, 6) is -0.482. The first-order valence-corrected chi connectivity index (χ1v) is 9.47. The summed E-state index contributed by atoms with van der Waals surface area (Å²) >= 11 is 0. The average Bonchev–Trinajstić information content (AvgIpc) is 3.22. The van der Waals surface area contributed by atoms with Crippen LogP contribution in [-0.2, 0) is 17.8 Å².